The van der Waals surface area contributed by atoms with Crippen LogP contribution in [0, 0.1) is 0 Å². The van der Waals surface area contributed by atoms with Gasteiger partial charge < -0.3 is 43.7 Å². The van der Waals surface area contributed by atoms with Crippen molar-refractivity contribution in [2.45, 2.75) is 80.1 Å². The number of aliphatic hydroxyl groups excluding tert-OH is 2. The standard InChI is InChI=1S/C40H60N2O8/c1-8-41(20-22-43)18-10-12-24-48-32-26-34-37(38(45)30(32)16-14-28(3)4)39(46)36-31(17-15-29(5)6)40(47-7)35(27-33(36)50-34)49-25-13-11-19-42(9-2)21-23-44/h14-15,26-27,43-45H,8-13,16-25H2,1-7H3. The van der Waals surface area contributed by atoms with Gasteiger partial charge in [0, 0.05) is 36.3 Å². The molecule has 0 bridgehead atoms. The summed E-state index contributed by atoms with van der Waals surface area (Å²) in [6.45, 7) is 18.1. The van der Waals surface area contributed by atoms with Crippen molar-refractivity contribution in [3.8, 4) is 23.0 Å². The van der Waals surface area contributed by atoms with Crippen molar-refractivity contribution in [3.05, 3.63) is 56.8 Å². The number of hydrogen-bond acceptors (Lipinski definition) is 10. The Morgan fingerprint density at radius 2 is 1.24 bits per heavy atom. The minimum Gasteiger partial charge on any atom is -0.507 e. The first-order valence-electron chi connectivity index (χ1n) is 18.1. The lowest BCUT2D eigenvalue weighted by Crippen LogP contribution is -2.27. The third-order valence-corrected chi connectivity index (χ3v) is 8.92. The van der Waals surface area contributed by atoms with Gasteiger partial charge in [-0.2, -0.15) is 0 Å². The summed E-state index contributed by atoms with van der Waals surface area (Å²) >= 11 is 0. The van der Waals surface area contributed by atoms with Crippen LogP contribution in [-0.4, -0.2) is 97.9 Å². The highest BCUT2D eigenvalue weighted by molar-refractivity contribution is 5.98. The molecule has 0 aliphatic rings. The van der Waals surface area contributed by atoms with Gasteiger partial charge in [-0.1, -0.05) is 37.1 Å². The van der Waals surface area contributed by atoms with Gasteiger partial charge in [0.25, 0.3) is 0 Å². The smallest absolute Gasteiger partial charge is 0.204 e. The Bertz CT molecular complexity index is 1640. The third-order valence-electron chi connectivity index (χ3n) is 8.92. The van der Waals surface area contributed by atoms with Crippen molar-refractivity contribution in [1.29, 1.82) is 0 Å². The van der Waals surface area contributed by atoms with Crippen LogP contribution in [-0.2, 0) is 12.8 Å². The van der Waals surface area contributed by atoms with E-state index >= 15 is 0 Å². The fourth-order valence-corrected chi connectivity index (χ4v) is 6.05. The molecule has 0 fully saturated rings. The number of benzene rings is 2. The second-order valence-corrected chi connectivity index (χ2v) is 13.2. The Hall–Kier alpha value is -3.57. The number of unbranched alkanes of at least 4 members (excludes halogenated alkanes) is 2. The van der Waals surface area contributed by atoms with Crippen LogP contribution in [0.5, 0.6) is 23.0 Å². The molecule has 3 N–H and O–H groups in total. The summed E-state index contributed by atoms with van der Waals surface area (Å²) in [5.74, 6) is 1.31. The molecule has 0 saturated heterocycles. The Labute approximate surface area is 297 Å². The van der Waals surface area contributed by atoms with Crippen LogP contribution >= 0.6 is 0 Å². The molecular formula is C40H60N2O8. The molecule has 2 aromatic carbocycles. The number of allylic oxidation sites excluding steroid dienone is 4. The number of nitrogens with zero attached hydrogens (tertiary/aromatic N) is 2. The third kappa shape index (κ3) is 11.2. The second kappa shape index (κ2) is 20.9. The van der Waals surface area contributed by atoms with E-state index in [9.17, 15) is 20.1 Å². The number of rotatable bonds is 23. The maximum absolute atomic E-state index is 14.4. The van der Waals surface area contributed by atoms with Gasteiger partial charge in [-0.25, -0.2) is 0 Å². The van der Waals surface area contributed by atoms with E-state index in [1.807, 2.05) is 39.8 Å². The summed E-state index contributed by atoms with van der Waals surface area (Å²) in [7, 11) is 1.57. The van der Waals surface area contributed by atoms with Crippen molar-refractivity contribution in [3.63, 3.8) is 0 Å². The predicted octanol–water partition coefficient (Wildman–Crippen LogP) is 6.62. The van der Waals surface area contributed by atoms with Gasteiger partial charge in [0.1, 0.15) is 28.1 Å². The lowest BCUT2D eigenvalue weighted by atomic mass is 9.98. The Morgan fingerprint density at radius 1 is 0.740 bits per heavy atom. The first-order valence-corrected chi connectivity index (χ1v) is 18.1. The molecule has 3 aromatic rings. The number of hydrogen-bond donors (Lipinski definition) is 3. The highest BCUT2D eigenvalue weighted by atomic mass is 16.5. The minimum absolute atomic E-state index is 0.113. The first kappa shape index (κ1) is 40.9. The molecule has 0 aliphatic carbocycles. The molecule has 10 nitrogen and oxygen atoms in total. The molecule has 278 valence electrons. The van der Waals surface area contributed by atoms with Gasteiger partial charge in [0.2, 0.25) is 5.43 Å². The molecule has 1 heterocycles. The molecule has 0 saturated carbocycles. The van der Waals surface area contributed by atoms with Gasteiger partial charge >= 0.3 is 0 Å². The topological polar surface area (TPSA) is 125 Å². The summed E-state index contributed by atoms with van der Waals surface area (Å²) in [5, 5.41) is 30.8. The fraction of sp³-hybridized carbons (Fsp3) is 0.575. The van der Waals surface area contributed by atoms with Crippen LogP contribution in [0.15, 0.2) is 44.6 Å². The Balaban J connectivity index is 2.07. The van der Waals surface area contributed by atoms with E-state index in [-0.39, 0.29) is 35.4 Å². The average molecular weight is 697 g/mol. The molecule has 3 rings (SSSR count). The minimum atomic E-state index is -0.335. The molecule has 1 aromatic heterocycles. The van der Waals surface area contributed by atoms with Crippen LogP contribution < -0.4 is 19.6 Å². The number of likely N-dealkylation sites (N-methyl/N-ethyl adjacent to an activating group) is 2. The Morgan fingerprint density at radius 3 is 1.74 bits per heavy atom. The van der Waals surface area contributed by atoms with Crippen LogP contribution in [0.25, 0.3) is 21.9 Å². The van der Waals surface area contributed by atoms with Crippen LogP contribution in [0.4, 0.5) is 0 Å². The van der Waals surface area contributed by atoms with Crippen LogP contribution in [0.1, 0.15) is 78.4 Å². The number of fused-ring (bicyclic) bond motifs is 2. The summed E-state index contributed by atoms with van der Waals surface area (Å²) < 4.78 is 24.9. The number of ether oxygens (including phenoxy) is 3. The van der Waals surface area contributed by atoms with Crippen molar-refractivity contribution in [2.24, 2.45) is 0 Å². The summed E-state index contributed by atoms with van der Waals surface area (Å²) in [4.78, 5) is 18.8. The van der Waals surface area contributed by atoms with Gasteiger partial charge in [0.05, 0.1) is 38.9 Å². The van der Waals surface area contributed by atoms with Crippen molar-refractivity contribution < 1.29 is 33.9 Å². The molecule has 0 amide bonds. The SMILES string of the molecule is CCN(CCO)CCCCOc1cc2oc3cc(OCCCCN(CC)CCO)c(OC)c(CC=C(C)C)c3c(=O)c2c(O)c1CC=C(C)C. The van der Waals surface area contributed by atoms with Crippen molar-refractivity contribution >= 4 is 21.9 Å². The molecule has 50 heavy (non-hydrogen) atoms. The second-order valence-electron chi connectivity index (χ2n) is 13.2. The molecular weight excluding hydrogens is 636 g/mol. The number of aliphatic hydroxyl groups is 2. The van der Waals surface area contributed by atoms with Crippen LogP contribution in [0.3, 0.4) is 0 Å². The maximum Gasteiger partial charge on any atom is 0.204 e. The largest absolute Gasteiger partial charge is 0.507 e. The quantitative estimate of drug-likeness (QED) is 0.0566. The van der Waals surface area contributed by atoms with E-state index in [0.29, 0.717) is 78.5 Å². The molecule has 0 aliphatic heterocycles. The van der Waals surface area contributed by atoms with Crippen molar-refractivity contribution in [1.82, 2.24) is 9.80 Å². The highest BCUT2D eigenvalue weighted by Gasteiger charge is 2.24. The summed E-state index contributed by atoms with van der Waals surface area (Å²) in [5.41, 5.74) is 3.61. The maximum atomic E-state index is 14.4. The monoisotopic (exact) mass is 696 g/mol. The van der Waals surface area contributed by atoms with Crippen LogP contribution in [0.2, 0.25) is 0 Å². The molecule has 0 unspecified atom stereocenters. The molecule has 0 atom stereocenters. The van der Waals surface area contributed by atoms with Gasteiger partial charge in [-0.3, -0.25) is 4.79 Å². The van der Waals surface area contributed by atoms with Gasteiger partial charge in [-0.15, -0.1) is 0 Å². The first-order chi connectivity index (χ1) is 24.1. The Kier molecular flexibility index (Phi) is 17.1. The lowest BCUT2D eigenvalue weighted by Gasteiger charge is -2.20. The zero-order chi connectivity index (χ0) is 36.6. The zero-order valence-electron chi connectivity index (χ0n) is 31.4. The fourth-order valence-electron chi connectivity index (χ4n) is 6.05. The summed E-state index contributed by atoms with van der Waals surface area (Å²) in [6, 6.07) is 3.44. The summed E-state index contributed by atoms with van der Waals surface area (Å²) in [6.07, 6.45) is 8.25. The van der Waals surface area contributed by atoms with E-state index in [0.717, 1.165) is 63.0 Å². The van der Waals surface area contributed by atoms with Gasteiger partial charge in [0.15, 0.2) is 11.5 Å². The predicted molar refractivity (Wildman–Crippen MR) is 202 cm³/mol. The lowest BCUT2D eigenvalue weighted by molar-refractivity contribution is 0.195. The molecule has 10 heteroatoms. The van der Waals surface area contributed by atoms with Crippen molar-refractivity contribution in [2.75, 3.05) is 72.8 Å². The number of methoxy groups -OCH3 is 1. The normalized spacial score (nSPS) is 11.5. The number of phenols is 1. The number of phenolic OH excluding ortho intramolecular Hbond substituents is 1. The van der Waals surface area contributed by atoms with E-state index in [4.69, 9.17) is 18.6 Å². The average Bonchev–Trinajstić information content (AvgIpc) is 3.08. The van der Waals surface area contributed by atoms with E-state index in [2.05, 4.69) is 23.6 Å². The number of aromatic hydroxyl groups is 1. The van der Waals surface area contributed by atoms with Gasteiger partial charge in [-0.05, 0) is 92.4 Å². The van der Waals surface area contributed by atoms with E-state index in [1.54, 1.807) is 19.2 Å². The zero-order valence-corrected chi connectivity index (χ0v) is 31.4. The molecule has 0 radical (unpaired) electrons. The highest BCUT2D eigenvalue weighted by Crippen LogP contribution is 2.41. The van der Waals surface area contributed by atoms with E-state index < -0.39 is 0 Å². The molecule has 0 spiro atoms. The van der Waals surface area contributed by atoms with E-state index in [1.165, 1.54) is 0 Å².